The minimum Gasteiger partial charge on any atom is -0.504 e. The van der Waals surface area contributed by atoms with Crippen LogP contribution in [0, 0.1) is 0 Å². The van der Waals surface area contributed by atoms with Gasteiger partial charge in [-0.1, -0.05) is 25.3 Å². The summed E-state index contributed by atoms with van der Waals surface area (Å²) in [6.07, 6.45) is 8.03. The van der Waals surface area contributed by atoms with Crippen molar-refractivity contribution in [3.05, 3.63) is 23.8 Å². The van der Waals surface area contributed by atoms with E-state index in [2.05, 4.69) is 5.32 Å². The van der Waals surface area contributed by atoms with Crippen LogP contribution in [0.3, 0.4) is 0 Å². The van der Waals surface area contributed by atoms with Crippen molar-refractivity contribution >= 4 is 0 Å². The Hall–Kier alpha value is -1.26. The first-order valence-corrected chi connectivity index (χ1v) is 7.98. The van der Waals surface area contributed by atoms with Crippen molar-refractivity contribution in [1.29, 1.82) is 0 Å². The van der Waals surface area contributed by atoms with Gasteiger partial charge in [0.1, 0.15) is 0 Å². The molecule has 0 spiro atoms. The van der Waals surface area contributed by atoms with Crippen LogP contribution < -0.4 is 10.1 Å². The summed E-state index contributed by atoms with van der Waals surface area (Å²) in [6.45, 7) is 2.56. The molecule has 118 valence electrons. The Morgan fingerprint density at radius 2 is 2.05 bits per heavy atom. The lowest BCUT2D eigenvalue weighted by Crippen LogP contribution is -2.20. The smallest absolute Gasteiger partial charge is 0.160 e. The molecule has 21 heavy (non-hydrogen) atoms. The van der Waals surface area contributed by atoms with Crippen LogP contribution in [0.5, 0.6) is 11.5 Å². The van der Waals surface area contributed by atoms with E-state index in [1.165, 1.54) is 32.1 Å². The lowest BCUT2D eigenvalue weighted by atomic mass is 9.98. The lowest BCUT2D eigenvalue weighted by Gasteiger charge is -2.21. The molecule has 1 aliphatic carbocycles. The maximum atomic E-state index is 9.54. The average molecular weight is 293 g/mol. The van der Waals surface area contributed by atoms with E-state index in [4.69, 9.17) is 9.47 Å². The number of aromatic hydroxyl groups is 1. The van der Waals surface area contributed by atoms with Gasteiger partial charge in [0, 0.05) is 13.2 Å². The Morgan fingerprint density at radius 1 is 1.24 bits per heavy atom. The van der Waals surface area contributed by atoms with E-state index in [1.54, 1.807) is 13.2 Å². The first kappa shape index (κ1) is 16.1. The number of phenols is 1. The Balaban J connectivity index is 1.57. The molecule has 0 aliphatic heterocycles. The van der Waals surface area contributed by atoms with Crippen molar-refractivity contribution in [3.8, 4) is 11.5 Å². The molecule has 1 aromatic carbocycles. The first-order chi connectivity index (χ1) is 10.3. The Bertz CT molecular complexity index is 416. The number of methoxy groups -OCH3 is 1. The van der Waals surface area contributed by atoms with E-state index >= 15 is 0 Å². The van der Waals surface area contributed by atoms with Gasteiger partial charge in [-0.2, -0.15) is 0 Å². The molecule has 1 fully saturated rings. The van der Waals surface area contributed by atoms with E-state index in [-0.39, 0.29) is 5.75 Å². The Kier molecular flexibility index (Phi) is 6.83. The molecule has 2 rings (SSSR count). The summed E-state index contributed by atoms with van der Waals surface area (Å²) < 4.78 is 11.0. The number of rotatable bonds is 8. The zero-order valence-corrected chi connectivity index (χ0v) is 12.9. The molecule has 0 aromatic heterocycles. The van der Waals surface area contributed by atoms with Crippen LogP contribution in [0.15, 0.2) is 18.2 Å². The van der Waals surface area contributed by atoms with Gasteiger partial charge in [-0.25, -0.2) is 0 Å². The number of phenolic OH excluding ortho intramolecular Hbond substituents is 1. The number of ether oxygens (including phenoxy) is 2. The summed E-state index contributed by atoms with van der Waals surface area (Å²) in [6, 6.07) is 5.44. The van der Waals surface area contributed by atoms with Crippen LogP contribution in [-0.4, -0.2) is 31.5 Å². The van der Waals surface area contributed by atoms with Gasteiger partial charge in [-0.3, -0.25) is 0 Å². The number of benzene rings is 1. The van der Waals surface area contributed by atoms with Gasteiger partial charge >= 0.3 is 0 Å². The Labute approximate surface area is 127 Å². The van der Waals surface area contributed by atoms with Crippen LogP contribution in [0.1, 0.15) is 44.1 Å². The van der Waals surface area contributed by atoms with Gasteiger partial charge in [-0.15, -0.1) is 0 Å². The largest absolute Gasteiger partial charge is 0.504 e. The van der Waals surface area contributed by atoms with E-state index in [9.17, 15) is 5.11 Å². The predicted octanol–water partition coefficient (Wildman–Crippen LogP) is 3.23. The fraction of sp³-hybridized carbons (Fsp3) is 0.647. The lowest BCUT2D eigenvalue weighted by molar-refractivity contribution is 0.0273. The van der Waals surface area contributed by atoms with E-state index < -0.39 is 0 Å². The second kappa shape index (κ2) is 8.90. The third-order valence-electron chi connectivity index (χ3n) is 3.98. The number of hydrogen-bond donors (Lipinski definition) is 2. The molecular weight excluding hydrogens is 266 g/mol. The third-order valence-corrected chi connectivity index (χ3v) is 3.98. The maximum absolute atomic E-state index is 9.54. The summed E-state index contributed by atoms with van der Waals surface area (Å²) in [4.78, 5) is 0. The van der Waals surface area contributed by atoms with Gasteiger partial charge in [0.15, 0.2) is 11.5 Å². The molecule has 0 heterocycles. The summed E-state index contributed by atoms with van der Waals surface area (Å²) in [5.41, 5.74) is 1.11. The van der Waals surface area contributed by atoms with Gasteiger partial charge in [0.05, 0.1) is 13.2 Å². The zero-order valence-electron chi connectivity index (χ0n) is 12.9. The van der Waals surface area contributed by atoms with Crippen molar-refractivity contribution in [1.82, 2.24) is 5.32 Å². The molecule has 0 atom stereocenters. The van der Waals surface area contributed by atoms with E-state index in [0.717, 1.165) is 31.7 Å². The molecule has 1 aliphatic rings. The highest BCUT2D eigenvalue weighted by molar-refractivity contribution is 5.41. The highest BCUT2D eigenvalue weighted by Crippen LogP contribution is 2.26. The molecule has 1 saturated carbocycles. The molecular formula is C17H27NO3. The fourth-order valence-electron chi connectivity index (χ4n) is 2.74. The Morgan fingerprint density at radius 3 is 2.81 bits per heavy atom. The van der Waals surface area contributed by atoms with Crippen LogP contribution in [0.2, 0.25) is 0 Å². The van der Waals surface area contributed by atoms with Gasteiger partial charge < -0.3 is 19.9 Å². The quantitative estimate of drug-likeness (QED) is 0.723. The SMILES string of the molecule is COc1cc(CNCCCOC2CCCCC2)ccc1O. The first-order valence-electron chi connectivity index (χ1n) is 7.98. The molecule has 0 saturated heterocycles. The highest BCUT2D eigenvalue weighted by atomic mass is 16.5. The van der Waals surface area contributed by atoms with Gasteiger partial charge in [0.25, 0.3) is 0 Å². The van der Waals surface area contributed by atoms with Crippen molar-refractivity contribution < 1.29 is 14.6 Å². The van der Waals surface area contributed by atoms with Crippen molar-refractivity contribution in [2.75, 3.05) is 20.3 Å². The highest BCUT2D eigenvalue weighted by Gasteiger charge is 2.12. The van der Waals surface area contributed by atoms with Crippen LogP contribution in [-0.2, 0) is 11.3 Å². The van der Waals surface area contributed by atoms with Gasteiger partial charge in [0.2, 0.25) is 0 Å². The monoisotopic (exact) mass is 293 g/mol. The number of hydrogen-bond acceptors (Lipinski definition) is 4. The molecule has 0 radical (unpaired) electrons. The summed E-state index contributed by atoms with van der Waals surface area (Å²) >= 11 is 0. The second-order valence-electron chi connectivity index (χ2n) is 5.67. The average Bonchev–Trinajstić information content (AvgIpc) is 2.53. The normalized spacial score (nSPS) is 16.0. The molecule has 4 nitrogen and oxygen atoms in total. The summed E-state index contributed by atoms with van der Waals surface area (Å²) in [7, 11) is 1.56. The van der Waals surface area contributed by atoms with Crippen molar-refractivity contribution in [2.45, 2.75) is 51.2 Å². The third kappa shape index (κ3) is 5.56. The standard InChI is InChI=1S/C17H27NO3/c1-20-17-12-14(8-9-16(17)19)13-18-10-5-11-21-15-6-3-2-4-7-15/h8-9,12,15,18-19H,2-7,10-11,13H2,1H3. The van der Waals surface area contributed by atoms with E-state index in [1.807, 2.05) is 12.1 Å². The fourth-order valence-corrected chi connectivity index (χ4v) is 2.74. The minimum atomic E-state index is 0.183. The second-order valence-corrected chi connectivity index (χ2v) is 5.67. The molecule has 4 heteroatoms. The van der Waals surface area contributed by atoms with Crippen molar-refractivity contribution in [2.24, 2.45) is 0 Å². The van der Waals surface area contributed by atoms with Crippen LogP contribution in [0.25, 0.3) is 0 Å². The topological polar surface area (TPSA) is 50.7 Å². The number of nitrogens with one attached hydrogen (secondary N) is 1. The van der Waals surface area contributed by atoms with Crippen LogP contribution in [0.4, 0.5) is 0 Å². The molecule has 0 unspecified atom stereocenters. The van der Waals surface area contributed by atoms with Gasteiger partial charge in [-0.05, 0) is 43.5 Å². The van der Waals surface area contributed by atoms with E-state index in [0.29, 0.717) is 11.9 Å². The summed E-state index contributed by atoms with van der Waals surface area (Å²) in [5.74, 6) is 0.706. The van der Waals surface area contributed by atoms with Crippen molar-refractivity contribution in [3.63, 3.8) is 0 Å². The van der Waals surface area contributed by atoms with Crippen LogP contribution >= 0.6 is 0 Å². The molecule has 0 bridgehead atoms. The zero-order chi connectivity index (χ0) is 14.9. The maximum Gasteiger partial charge on any atom is 0.160 e. The molecule has 2 N–H and O–H groups in total. The summed E-state index contributed by atoms with van der Waals surface area (Å²) in [5, 5.41) is 12.9. The predicted molar refractivity (Wildman–Crippen MR) is 83.8 cm³/mol. The molecule has 1 aromatic rings. The minimum absolute atomic E-state index is 0.183. The molecule has 0 amide bonds.